The van der Waals surface area contributed by atoms with Crippen molar-refractivity contribution in [3.8, 4) is 5.75 Å². The summed E-state index contributed by atoms with van der Waals surface area (Å²) in [7, 11) is -2.43. The number of nitrogens with one attached hydrogen (secondary N) is 1. The molecule has 1 heterocycles. The Bertz CT molecular complexity index is 1120. The van der Waals surface area contributed by atoms with Crippen molar-refractivity contribution in [3.63, 3.8) is 0 Å². The number of carbonyl (C=O) groups is 1. The zero-order valence-corrected chi connectivity index (χ0v) is 20.8. The minimum atomic E-state index is -3.85. The number of halogens is 1. The predicted molar refractivity (Wildman–Crippen MR) is 127 cm³/mol. The van der Waals surface area contributed by atoms with Crippen molar-refractivity contribution in [2.75, 3.05) is 20.2 Å². The summed E-state index contributed by atoms with van der Waals surface area (Å²) in [6.07, 6.45) is 1.25. The van der Waals surface area contributed by atoms with Crippen molar-refractivity contribution < 1.29 is 17.9 Å². The Morgan fingerprint density at radius 3 is 2.53 bits per heavy atom. The molecule has 32 heavy (non-hydrogen) atoms. The van der Waals surface area contributed by atoms with Crippen LogP contribution in [0.4, 0.5) is 0 Å². The maximum Gasteiger partial charge on any atom is 0.246 e. The van der Waals surface area contributed by atoms with E-state index >= 15 is 0 Å². The van der Waals surface area contributed by atoms with Crippen molar-refractivity contribution >= 4 is 27.5 Å². The third kappa shape index (κ3) is 5.11. The average Bonchev–Trinajstić information content (AvgIpc) is 2.76. The highest BCUT2D eigenvalue weighted by molar-refractivity contribution is 7.89. The fourth-order valence-electron chi connectivity index (χ4n) is 4.22. The van der Waals surface area contributed by atoms with E-state index in [2.05, 4.69) is 31.3 Å². The number of hydrogen-bond acceptors (Lipinski definition) is 4. The SMILES string of the molecule is COc1ccc(Cl)cc1S(=O)(=O)N1CCC[C@H](C(=O)N[C@H](C)c2cc(C)c(C)cc2C)C1. The van der Waals surface area contributed by atoms with E-state index < -0.39 is 15.9 Å². The molecule has 3 rings (SSSR count). The van der Waals surface area contributed by atoms with Crippen molar-refractivity contribution in [1.82, 2.24) is 9.62 Å². The van der Waals surface area contributed by atoms with Gasteiger partial charge in [0.15, 0.2) is 0 Å². The lowest BCUT2D eigenvalue weighted by atomic mass is 9.95. The highest BCUT2D eigenvalue weighted by Crippen LogP contribution is 2.32. The van der Waals surface area contributed by atoms with E-state index in [1.807, 2.05) is 13.8 Å². The monoisotopic (exact) mass is 478 g/mol. The van der Waals surface area contributed by atoms with Gasteiger partial charge < -0.3 is 10.1 Å². The van der Waals surface area contributed by atoms with Gasteiger partial charge >= 0.3 is 0 Å². The Morgan fingerprint density at radius 1 is 1.16 bits per heavy atom. The first-order chi connectivity index (χ1) is 15.0. The van der Waals surface area contributed by atoms with Crippen LogP contribution in [0.3, 0.4) is 0 Å². The van der Waals surface area contributed by atoms with E-state index in [0.29, 0.717) is 24.4 Å². The quantitative estimate of drug-likeness (QED) is 0.660. The van der Waals surface area contributed by atoms with Crippen LogP contribution in [0.25, 0.3) is 0 Å². The lowest BCUT2D eigenvalue weighted by molar-refractivity contribution is -0.126. The van der Waals surface area contributed by atoms with E-state index in [1.54, 1.807) is 6.07 Å². The van der Waals surface area contributed by atoms with Gasteiger partial charge in [-0.15, -0.1) is 0 Å². The fourth-order valence-corrected chi connectivity index (χ4v) is 6.17. The second-order valence-electron chi connectivity index (χ2n) is 8.52. The summed E-state index contributed by atoms with van der Waals surface area (Å²) in [5.41, 5.74) is 4.60. The topological polar surface area (TPSA) is 75.7 Å². The molecule has 0 spiro atoms. The zero-order chi connectivity index (χ0) is 23.6. The van der Waals surface area contributed by atoms with E-state index in [-0.39, 0.29) is 29.1 Å². The Kier molecular flexibility index (Phi) is 7.53. The summed E-state index contributed by atoms with van der Waals surface area (Å²) in [5.74, 6) is -0.314. The molecule has 0 unspecified atom stereocenters. The summed E-state index contributed by atoms with van der Waals surface area (Å²) in [6.45, 7) is 8.61. The largest absolute Gasteiger partial charge is 0.495 e. The van der Waals surface area contributed by atoms with Crippen LogP contribution in [0, 0.1) is 26.7 Å². The molecule has 2 atom stereocenters. The maximum absolute atomic E-state index is 13.3. The third-order valence-corrected chi connectivity index (χ3v) is 8.33. The van der Waals surface area contributed by atoms with Gasteiger partial charge in [0.1, 0.15) is 10.6 Å². The molecule has 0 aromatic heterocycles. The molecule has 2 aromatic carbocycles. The first-order valence-corrected chi connectivity index (χ1v) is 12.6. The highest BCUT2D eigenvalue weighted by Gasteiger charge is 2.35. The van der Waals surface area contributed by atoms with Crippen LogP contribution in [-0.2, 0) is 14.8 Å². The number of hydrogen-bond donors (Lipinski definition) is 1. The molecule has 1 aliphatic rings. The van der Waals surface area contributed by atoms with Crippen molar-refractivity contribution in [2.24, 2.45) is 5.92 Å². The summed E-state index contributed by atoms with van der Waals surface area (Å²) in [6, 6.07) is 8.59. The van der Waals surface area contributed by atoms with Crippen molar-refractivity contribution in [3.05, 3.63) is 57.6 Å². The number of aryl methyl sites for hydroxylation is 3. The second kappa shape index (κ2) is 9.81. The van der Waals surface area contributed by atoms with E-state index in [4.69, 9.17) is 16.3 Å². The lowest BCUT2D eigenvalue weighted by Crippen LogP contribution is -2.45. The Morgan fingerprint density at radius 2 is 1.84 bits per heavy atom. The van der Waals surface area contributed by atoms with Gasteiger partial charge in [0, 0.05) is 18.1 Å². The standard InChI is InChI=1S/C24H31ClN2O4S/c1-15-11-17(3)21(12-16(15)2)18(4)26-24(28)19-7-6-10-27(14-19)32(29,30)23-13-20(25)8-9-22(23)31-5/h8-9,11-13,18-19H,6-7,10,14H2,1-5H3,(H,26,28)/t18-,19+/m1/s1. The number of ether oxygens (including phenoxy) is 1. The molecule has 0 aliphatic carbocycles. The number of nitrogens with zero attached hydrogens (tertiary/aromatic N) is 1. The van der Waals surface area contributed by atoms with E-state index in [1.165, 1.54) is 34.7 Å². The molecule has 1 amide bonds. The Balaban J connectivity index is 1.76. The number of methoxy groups -OCH3 is 1. The number of piperidine rings is 1. The average molecular weight is 479 g/mol. The molecule has 1 fully saturated rings. The van der Waals surface area contributed by atoms with Crippen LogP contribution >= 0.6 is 11.6 Å². The van der Waals surface area contributed by atoms with Crippen LogP contribution < -0.4 is 10.1 Å². The molecule has 0 bridgehead atoms. The molecule has 1 N–H and O–H groups in total. The summed E-state index contributed by atoms with van der Waals surface area (Å²) < 4.78 is 33.2. The smallest absolute Gasteiger partial charge is 0.246 e. The maximum atomic E-state index is 13.3. The van der Waals surface area contributed by atoms with Crippen LogP contribution in [0.5, 0.6) is 5.75 Å². The summed E-state index contributed by atoms with van der Waals surface area (Å²) >= 11 is 6.04. The number of amides is 1. The van der Waals surface area contributed by atoms with Gasteiger partial charge in [0.05, 0.1) is 19.1 Å². The molecule has 0 radical (unpaired) electrons. The molecular formula is C24H31ClN2O4S. The number of sulfonamides is 1. The minimum absolute atomic E-state index is 0.0210. The lowest BCUT2D eigenvalue weighted by Gasteiger charge is -2.32. The molecule has 1 aliphatic heterocycles. The number of carbonyl (C=O) groups excluding carboxylic acids is 1. The number of rotatable bonds is 6. The van der Waals surface area contributed by atoms with E-state index in [9.17, 15) is 13.2 Å². The first kappa shape index (κ1) is 24.6. The summed E-state index contributed by atoms with van der Waals surface area (Å²) in [4.78, 5) is 13.1. The Labute approximate surface area is 196 Å². The highest BCUT2D eigenvalue weighted by atomic mass is 35.5. The van der Waals surface area contributed by atoms with Crippen LogP contribution in [0.15, 0.2) is 35.2 Å². The summed E-state index contributed by atoms with van der Waals surface area (Å²) in [5, 5.41) is 3.40. The zero-order valence-electron chi connectivity index (χ0n) is 19.2. The normalized spacial score (nSPS) is 18.2. The van der Waals surface area contributed by atoms with Crippen LogP contribution in [0.1, 0.15) is 48.1 Å². The van der Waals surface area contributed by atoms with Gasteiger partial charge in [-0.25, -0.2) is 8.42 Å². The third-order valence-electron chi connectivity index (χ3n) is 6.21. The van der Waals surface area contributed by atoms with Gasteiger partial charge in [-0.1, -0.05) is 23.7 Å². The first-order valence-electron chi connectivity index (χ1n) is 10.8. The van der Waals surface area contributed by atoms with Crippen LogP contribution in [-0.4, -0.2) is 38.8 Å². The molecular weight excluding hydrogens is 448 g/mol. The molecule has 2 aromatic rings. The Hall–Kier alpha value is -2.09. The van der Waals surface area contributed by atoms with Crippen molar-refractivity contribution in [1.29, 1.82) is 0 Å². The van der Waals surface area contributed by atoms with Gasteiger partial charge in [0.25, 0.3) is 0 Å². The van der Waals surface area contributed by atoms with Crippen LogP contribution in [0.2, 0.25) is 5.02 Å². The molecule has 174 valence electrons. The minimum Gasteiger partial charge on any atom is -0.495 e. The van der Waals surface area contributed by atoms with Gasteiger partial charge in [-0.2, -0.15) is 4.31 Å². The second-order valence-corrected chi connectivity index (χ2v) is 10.9. The van der Waals surface area contributed by atoms with E-state index in [0.717, 1.165) is 11.1 Å². The molecule has 6 nitrogen and oxygen atoms in total. The fraction of sp³-hybridized carbons (Fsp3) is 0.458. The van der Waals surface area contributed by atoms with Gasteiger partial charge in [0.2, 0.25) is 15.9 Å². The molecule has 0 saturated carbocycles. The molecule has 8 heteroatoms. The van der Waals surface area contributed by atoms with Crippen molar-refractivity contribution in [2.45, 2.75) is 51.5 Å². The number of benzene rings is 2. The van der Waals surface area contributed by atoms with Gasteiger partial charge in [-0.05, 0) is 81.0 Å². The molecule has 1 saturated heterocycles. The van der Waals surface area contributed by atoms with Gasteiger partial charge in [-0.3, -0.25) is 4.79 Å². The predicted octanol–water partition coefficient (Wildman–Crippen LogP) is 4.55.